The van der Waals surface area contributed by atoms with Crippen molar-refractivity contribution >= 4 is 11.6 Å². The fourth-order valence-electron chi connectivity index (χ4n) is 7.75. The Balaban J connectivity index is 1.56. The largest absolute Gasteiger partial charge is 0.393 e. The van der Waals surface area contributed by atoms with Gasteiger partial charge in [-0.2, -0.15) is 0 Å². The van der Waals surface area contributed by atoms with Crippen molar-refractivity contribution < 1.29 is 19.4 Å². The molecule has 4 heteroatoms. The minimum atomic E-state index is -0.636. The molecule has 3 saturated carbocycles. The van der Waals surface area contributed by atoms with E-state index in [4.69, 9.17) is 4.74 Å². The lowest BCUT2D eigenvalue weighted by Crippen LogP contribution is -2.59. The average molecular weight is 344 g/mol. The number of rotatable bonds is 1. The van der Waals surface area contributed by atoms with Crippen LogP contribution in [0.1, 0.15) is 59.3 Å². The summed E-state index contributed by atoms with van der Waals surface area (Å²) in [7, 11) is 0. The predicted molar refractivity (Wildman–Crippen MR) is 91.8 cm³/mol. The molecule has 0 unspecified atom stereocenters. The number of aliphatic hydroxyl groups excluding tert-OH is 1. The van der Waals surface area contributed by atoms with Gasteiger partial charge in [-0.25, -0.2) is 0 Å². The molecule has 0 spiro atoms. The van der Waals surface area contributed by atoms with Crippen molar-refractivity contribution in [3.63, 3.8) is 0 Å². The minimum Gasteiger partial charge on any atom is -0.393 e. The molecule has 4 aliphatic carbocycles. The van der Waals surface area contributed by atoms with Crippen molar-refractivity contribution in [2.24, 2.45) is 28.6 Å². The predicted octanol–water partition coefficient (Wildman–Crippen LogP) is 2.83. The number of carbonyl (C=O) groups excluding carboxylic acids is 2. The number of hydrogen-bond donors (Lipinski definition) is 1. The van der Waals surface area contributed by atoms with Crippen LogP contribution >= 0.6 is 0 Å². The number of allylic oxidation sites excluding steroid dienone is 1. The first kappa shape index (κ1) is 16.2. The van der Waals surface area contributed by atoms with E-state index in [2.05, 4.69) is 13.8 Å². The van der Waals surface area contributed by atoms with Crippen LogP contribution in [0.15, 0.2) is 11.6 Å². The summed E-state index contributed by atoms with van der Waals surface area (Å²) in [6.45, 7) is 6.10. The van der Waals surface area contributed by atoms with Gasteiger partial charge in [0, 0.05) is 11.8 Å². The lowest BCUT2D eigenvalue weighted by Gasteiger charge is -2.60. The molecule has 25 heavy (non-hydrogen) atoms. The maximum atomic E-state index is 12.4. The topological polar surface area (TPSA) is 66.9 Å². The molecule has 0 bridgehead atoms. The van der Waals surface area contributed by atoms with Crippen LogP contribution in [0, 0.1) is 28.6 Å². The Bertz CT molecular complexity index is 711. The Morgan fingerprint density at radius 2 is 2.08 bits per heavy atom. The van der Waals surface area contributed by atoms with Gasteiger partial charge in [-0.1, -0.05) is 19.4 Å². The van der Waals surface area contributed by atoms with Crippen LogP contribution in [-0.4, -0.2) is 34.5 Å². The molecule has 1 saturated heterocycles. The van der Waals surface area contributed by atoms with Gasteiger partial charge in [0.15, 0.2) is 17.2 Å². The van der Waals surface area contributed by atoms with E-state index in [1.54, 1.807) is 6.92 Å². The van der Waals surface area contributed by atoms with Crippen molar-refractivity contribution in [2.75, 3.05) is 0 Å². The Hall–Kier alpha value is -1.00. The third-order valence-electron chi connectivity index (χ3n) is 8.85. The van der Waals surface area contributed by atoms with Crippen molar-refractivity contribution in [1.29, 1.82) is 0 Å². The monoisotopic (exact) mass is 344 g/mol. The lowest BCUT2D eigenvalue weighted by atomic mass is 9.45. The van der Waals surface area contributed by atoms with E-state index < -0.39 is 11.7 Å². The zero-order valence-electron chi connectivity index (χ0n) is 15.4. The van der Waals surface area contributed by atoms with Gasteiger partial charge in [0.1, 0.15) is 0 Å². The van der Waals surface area contributed by atoms with Gasteiger partial charge in [0.05, 0.1) is 12.2 Å². The Morgan fingerprint density at radius 3 is 2.80 bits per heavy atom. The zero-order valence-corrected chi connectivity index (χ0v) is 15.4. The quantitative estimate of drug-likeness (QED) is 0.743. The van der Waals surface area contributed by atoms with Gasteiger partial charge in [-0.15, -0.1) is 0 Å². The highest BCUT2D eigenvalue weighted by molar-refractivity contribution is 5.92. The average Bonchev–Trinajstić information content (AvgIpc) is 3.22. The van der Waals surface area contributed by atoms with Gasteiger partial charge < -0.3 is 9.84 Å². The van der Waals surface area contributed by atoms with Crippen LogP contribution in [-0.2, 0) is 14.3 Å². The standard InChI is InChI=1S/C21H28O4/c1-11(22)21-17(25-21)9-15-14-5-4-12-8-13(23)6-7-19(12,2)18(14)16(24)10-20(15,21)3/h8,14-18,24H,4-7,9-10H2,1-3H3/t14-,15-,16-,17+,18+,19-,20-,21+/m0/s1. The molecular weight excluding hydrogens is 316 g/mol. The minimum absolute atomic E-state index is 0.0589. The molecule has 0 amide bonds. The van der Waals surface area contributed by atoms with Gasteiger partial charge in [-0.05, 0) is 68.3 Å². The summed E-state index contributed by atoms with van der Waals surface area (Å²) in [6, 6.07) is 0. The van der Waals surface area contributed by atoms with E-state index >= 15 is 0 Å². The highest BCUT2D eigenvalue weighted by Gasteiger charge is 2.80. The van der Waals surface area contributed by atoms with E-state index in [1.165, 1.54) is 5.57 Å². The second kappa shape index (κ2) is 4.64. The molecule has 8 atom stereocenters. The number of ether oxygens (including phenoxy) is 1. The fourth-order valence-corrected chi connectivity index (χ4v) is 7.75. The number of aliphatic hydroxyl groups is 1. The van der Waals surface area contributed by atoms with E-state index in [1.807, 2.05) is 6.08 Å². The van der Waals surface area contributed by atoms with Crippen LogP contribution < -0.4 is 0 Å². The Labute approximate surface area is 149 Å². The van der Waals surface area contributed by atoms with E-state index in [0.717, 1.165) is 25.7 Å². The molecule has 4 fully saturated rings. The normalized spacial score (nSPS) is 56.2. The van der Waals surface area contributed by atoms with Gasteiger partial charge in [-0.3, -0.25) is 9.59 Å². The number of hydrogen-bond acceptors (Lipinski definition) is 4. The van der Waals surface area contributed by atoms with Gasteiger partial charge in [0.25, 0.3) is 0 Å². The van der Waals surface area contributed by atoms with Gasteiger partial charge in [0.2, 0.25) is 0 Å². The summed E-state index contributed by atoms with van der Waals surface area (Å²) in [5.41, 5.74) is 0.317. The Morgan fingerprint density at radius 1 is 1.32 bits per heavy atom. The van der Waals surface area contributed by atoms with Crippen molar-refractivity contribution in [1.82, 2.24) is 0 Å². The highest BCUT2D eigenvalue weighted by Crippen LogP contribution is 2.73. The summed E-state index contributed by atoms with van der Waals surface area (Å²) in [5.74, 6) is 1.46. The number of Topliss-reactive ketones (excluding diaryl/α,β-unsaturated/α-hetero) is 1. The van der Waals surface area contributed by atoms with Crippen LogP contribution in [0.2, 0.25) is 0 Å². The number of epoxide rings is 1. The van der Waals surface area contributed by atoms with Gasteiger partial charge >= 0.3 is 0 Å². The summed E-state index contributed by atoms with van der Waals surface area (Å²) < 4.78 is 5.93. The molecule has 5 aliphatic rings. The molecule has 136 valence electrons. The first-order valence-electron chi connectivity index (χ1n) is 9.85. The Kier molecular flexibility index (Phi) is 3.00. The molecule has 5 rings (SSSR count). The van der Waals surface area contributed by atoms with Crippen molar-refractivity contribution in [2.45, 2.75) is 77.1 Å². The molecular formula is C21H28O4. The maximum Gasteiger partial charge on any atom is 0.164 e. The summed E-state index contributed by atoms with van der Waals surface area (Å²) in [4.78, 5) is 24.3. The zero-order chi connectivity index (χ0) is 17.8. The first-order valence-corrected chi connectivity index (χ1v) is 9.85. The SMILES string of the molecule is CC(=O)[C@@]12O[C@@H]1C[C@H]1[C@@H]3CCC4=CC(=O)CC[C@]4(C)[C@H]3[C@@H](O)C[C@@]12C. The maximum absolute atomic E-state index is 12.4. The van der Waals surface area contributed by atoms with Crippen LogP contribution in [0.3, 0.4) is 0 Å². The smallest absolute Gasteiger partial charge is 0.164 e. The molecule has 1 N–H and O–H groups in total. The third-order valence-corrected chi connectivity index (χ3v) is 8.85. The fraction of sp³-hybridized carbons (Fsp3) is 0.810. The molecule has 1 heterocycles. The van der Waals surface area contributed by atoms with E-state index in [0.29, 0.717) is 24.7 Å². The molecule has 1 aliphatic heterocycles. The lowest BCUT2D eigenvalue weighted by molar-refractivity contribution is -0.158. The number of fused-ring (bicyclic) bond motifs is 7. The highest BCUT2D eigenvalue weighted by atomic mass is 16.6. The van der Waals surface area contributed by atoms with E-state index in [-0.39, 0.29) is 34.4 Å². The summed E-state index contributed by atoms with van der Waals surface area (Å²) in [6.07, 6.45) is 6.54. The first-order chi connectivity index (χ1) is 11.7. The van der Waals surface area contributed by atoms with Crippen LogP contribution in [0.5, 0.6) is 0 Å². The number of ketones is 2. The van der Waals surface area contributed by atoms with Crippen LogP contribution in [0.4, 0.5) is 0 Å². The second-order valence-corrected chi connectivity index (χ2v) is 9.71. The molecule has 0 aromatic carbocycles. The molecule has 4 nitrogen and oxygen atoms in total. The number of carbonyl (C=O) groups is 2. The molecule has 0 aromatic heterocycles. The van der Waals surface area contributed by atoms with E-state index in [9.17, 15) is 14.7 Å². The second-order valence-electron chi connectivity index (χ2n) is 9.71. The van der Waals surface area contributed by atoms with Crippen molar-refractivity contribution in [3.05, 3.63) is 11.6 Å². The van der Waals surface area contributed by atoms with Crippen LogP contribution in [0.25, 0.3) is 0 Å². The molecule has 0 aromatic rings. The summed E-state index contributed by atoms with van der Waals surface area (Å²) in [5, 5.41) is 11.2. The third kappa shape index (κ3) is 1.71. The summed E-state index contributed by atoms with van der Waals surface area (Å²) >= 11 is 0. The van der Waals surface area contributed by atoms with Crippen molar-refractivity contribution in [3.8, 4) is 0 Å². The molecule has 0 radical (unpaired) electrons.